The molecule has 2 rings (SSSR count). The molecule has 2 aromatic rings. The van der Waals surface area contributed by atoms with Crippen LogP contribution < -0.4 is 10.6 Å². The molecule has 0 unspecified atom stereocenters. The zero-order valence-electron chi connectivity index (χ0n) is 12.5. The van der Waals surface area contributed by atoms with Crippen molar-refractivity contribution in [3.05, 3.63) is 65.5 Å². The Morgan fingerprint density at radius 2 is 1.78 bits per heavy atom. The molecule has 0 spiro atoms. The summed E-state index contributed by atoms with van der Waals surface area (Å²) in [5.41, 5.74) is 1.15. The van der Waals surface area contributed by atoms with Crippen molar-refractivity contribution in [2.45, 2.75) is 13.0 Å². The maximum Gasteiger partial charge on any atom is 0.313 e. The third kappa shape index (κ3) is 4.14. The van der Waals surface area contributed by atoms with Crippen LogP contribution in [0.4, 0.5) is 10.1 Å². The van der Waals surface area contributed by atoms with E-state index in [2.05, 4.69) is 10.6 Å². The van der Waals surface area contributed by atoms with E-state index in [0.717, 1.165) is 0 Å². The fourth-order valence-corrected chi connectivity index (χ4v) is 2.07. The molecule has 3 N–H and O–H groups in total. The Morgan fingerprint density at radius 3 is 2.43 bits per heavy atom. The highest BCUT2D eigenvalue weighted by atomic mass is 19.1. The first-order chi connectivity index (χ1) is 11.0. The molecule has 0 bridgehead atoms. The second-order valence-corrected chi connectivity index (χ2v) is 4.99. The second-order valence-electron chi connectivity index (χ2n) is 4.99. The normalized spacial score (nSPS) is 11.6. The van der Waals surface area contributed by atoms with Crippen molar-refractivity contribution < 1.29 is 19.1 Å². The van der Waals surface area contributed by atoms with E-state index in [9.17, 15) is 19.1 Å². The molecule has 1 atom stereocenters. The summed E-state index contributed by atoms with van der Waals surface area (Å²) in [6.07, 6.45) is 0. The Bertz CT molecular complexity index is 704. The molecule has 0 saturated heterocycles. The van der Waals surface area contributed by atoms with E-state index in [4.69, 9.17) is 0 Å². The number of hydrogen-bond acceptors (Lipinski definition) is 3. The highest BCUT2D eigenvalue weighted by Gasteiger charge is 2.20. The van der Waals surface area contributed by atoms with E-state index in [0.29, 0.717) is 5.56 Å². The van der Waals surface area contributed by atoms with Crippen molar-refractivity contribution in [3.8, 4) is 0 Å². The number of carbonyl (C=O) groups excluding carboxylic acids is 2. The quantitative estimate of drug-likeness (QED) is 0.754. The zero-order valence-corrected chi connectivity index (χ0v) is 12.5. The maximum absolute atomic E-state index is 13.4. The minimum absolute atomic E-state index is 0.227. The minimum Gasteiger partial charge on any atom is -0.394 e. The molecular weight excluding hydrogens is 299 g/mol. The lowest BCUT2D eigenvalue weighted by atomic mass is 10.1. The van der Waals surface area contributed by atoms with Crippen LogP contribution in [0.1, 0.15) is 17.2 Å². The van der Waals surface area contributed by atoms with Gasteiger partial charge in [0.2, 0.25) is 0 Å². The number of rotatable bonds is 4. The standard InChI is InChI=1S/C17H17FN2O3/c1-11-13(18)8-5-9-14(11)19-16(22)17(23)20-15(10-21)12-6-3-2-4-7-12/h2-9,15,21H,10H2,1H3,(H,19,22)(H,20,23)/t15-/m1/s1. The number of anilines is 1. The number of aliphatic hydroxyl groups is 1. The third-order valence-corrected chi connectivity index (χ3v) is 3.41. The summed E-state index contributed by atoms with van der Waals surface area (Å²) in [6, 6.07) is 12.3. The lowest BCUT2D eigenvalue weighted by molar-refractivity contribution is -0.136. The zero-order chi connectivity index (χ0) is 16.8. The van der Waals surface area contributed by atoms with E-state index in [1.54, 1.807) is 30.3 Å². The smallest absolute Gasteiger partial charge is 0.313 e. The van der Waals surface area contributed by atoms with Gasteiger partial charge in [-0.05, 0) is 24.6 Å². The highest BCUT2D eigenvalue weighted by Crippen LogP contribution is 2.17. The Morgan fingerprint density at radius 1 is 1.09 bits per heavy atom. The predicted molar refractivity (Wildman–Crippen MR) is 84.2 cm³/mol. The van der Waals surface area contributed by atoms with Crippen LogP contribution in [-0.4, -0.2) is 23.5 Å². The van der Waals surface area contributed by atoms with Gasteiger partial charge in [-0.2, -0.15) is 0 Å². The summed E-state index contributed by atoms with van der Waals surface area (Å²) in [7, 11) is 0. The SMILES string of the molecule is Cc1c(F)cccc1NC(=O)C(=O)N[C@H](CO)c1ccccc1. The van der Waals surface area contributed by atoms with E-state index < -0.39 is 23.7 Å². The minimum atomic E-state index is -0.923. The van der Waals surface area contributed by atoms with Crippen LogP contribution in [0.3, 0.4) is 0 Å². The van der Waals surface area contributed by atoms with Crippen molar-refractivity contribution in [2.24, 2.45) is 0 Å². The van der Waals surface area contributed by atoms with Gasteiger partial charge in [-0.25, -0.2) is 4.39 Å². The molecule has 2 amide bonds. The molecule has 0 fully saturated rings. The van der Waals surface area contributed by atoms with E-state index in [-0.39, 0.29) is 17.9 Å². The molecular formula is C17H17FN2O3. The summed E-state index contributed by atoms with van der Waals surface area (Å²) >= 11 is 0. The number of carbonyl (C=O) groups is 2. The second kappa shape index (κ2) is 7.51. The molecule has 0 aliphatic carbocycles. The van der Waals surface area contributed by atoms with Gasteiger partial charge in [0.15, 0.2) is 0 Å². The van der Waals surface area contributed by atoms with Crippen LogP contribution in [0.25, 0.3) is 0 Å². The molecule has 0 saturated carbocycles. The Kier molecular flexibility index (Phi) is 5.43. The molecule has 0 aliphatic heterocycles. The molecule has 0 aromatic heterocycles. The van der Waals surface area contributed by atoms with Crippen molar-refractivity contribution in [3.63, 3.8) is 0 Å². The summed E-state index contributed by atoms with van der Waals surface area (Å²) in [4.78, 5) is 23.9. The van der Waals surface area contributed by atoms with E-state index in [1.165, 1.54) is 25.1 Å². The first-order valence-electron chi connectivity index (χ1n) is 7.05. The van der Waals surface area contributed by atoms with Gasteiger partial charge in [0, 0.05) is 11.3 Å². The lowest BCUT2D eigenvalue weighted by Gasteiger charge is -2.16. The molecule has 23 heavy (non-hydrogen) atoms. The predicted octanol–water partition coefficient (Wildman–Crippen LogP) is 1.92. The van der Waals surface area contributed by atoms with Crippen molar-refractivity contribution in [1.82, 2.24) is 5.32 Å². The third-order valence-electron chi connectivity index (χ3n) is 3.41. The molecule has 6 heteroatoms. The molecule has 5 nitrogen and oxygen atoms in total. The first-order valence-corrected chi connectivity index (χ1v) is 7.05. The van der Waals surface area contributed by atoms with Crippen molar-refractivity contribution >= 4 is 17.5 Å². The molecule has 0 aliphatic rings. The van der Waals surface area contributed by atoms with Gasteiger partial charge in [0.1, 0.15) is 5.82 Å². The first kappa shape index (κ1) is 16.6. The van der Waals surface area contributed by atoms with E-state index >= 15 is 0 Å². The van der Waals surface area contributed by atoms with Crippen LogP contribution >= 0.6 is 0 Å². The van der Waals surface area contributed by atoms with Gasteiger partial charge in [0.25, 0.3) is 0 Å². The summed E-state index contributed by atoms with van der Waals surface area (Å²) in [5, 5.41) is 14.2. The van der Waals surface area contributed by atoms with E-state index in [1.807, 2.05) is 0 Å². The fraction of sp³-hybridized carbons (Fsp3) is 0.176. The van der Waals surface area contributed by atoms with Crippen molar-refractivity contribution in [1.29, 1.82) is 0 Å². The molecule has 2 aromatic carbocycles. The number of benzene rings is 2. The van der Waals surface area contributed by atoms with Crippen LogP contribution in [0.2, 0.25) is 0 Å². The van der Waals surface area contributed by atoms with Crippen molar-refractivity contribution in [2.75, 3.05) is 11.9 Å². The van der Waals surface area contributed by atoms with Gasteiger partial charge >= 0.3 is 11.8 Å². The fourth-order valence-electron chi connectivity index (χ4n) is 2.07. The Hall–Kier alpha value is -2.73. The van der Waals surface area contributed by atoms with Gasteiger partial charge in [-0.3, -0.25) is 9.59 Å². The number of hydrogen-bond donors (Lipinski definition) is 3. The van der Waals surface area contributed by atoms with Crippen LogP contribution in [0.15, 0.2) is 48.5 Å². The Labute approximate surface area is 133 Å². The average Bonchev–Trinajstić information content (AvgIpc) is 2.57. The summed E-state index contributed by atoms with van der Waals surface area (Å²) in [5.74, 6) is -2.30. The van der Waals surface area contributed by atoms with Gasteiger partial charge in [-0.1, -0.05) is 36.4 Å². The number of amides is 2. The van der Waals surface area contributed by atoms with Gasteiger partial charge in [0.05, 0.1) is 12.6 Å². The van der Waals surface area contributed by atoms with Crippen LogP contribution in [-0.2, 0) is 9.59 Å². The highest BCUT2D eigenvalue weighted by molar-refractivity contribution is 6.39. The maximum atomic E-state index is 13.4. The van der Waals surface area contributed by atoms with Crippen LogP contribution in [0, 0.1) is 12.7 Å². The molecule has 0 heterocycles. The number of halogens is 1. The summed E-state index contributed by atoms with van der Waals surface area (Å²) < 4.78 is 13.4. The average molecular weight is 316 g/mol. The monoisotopic (exact) mass is 316 g/mol. The molecule has 0 radical (unpaired) electrons. The number of nitrogens with one attached hydrogen (secondary N) is 2. The van der Waals surface area contributed by atoms with Crippen LogP contribution in [0.5, 0.6) is 0 Å². The van der Waals surface area contributed by atoms with Gasteiger partial charge in [-0.15, -0.1) is 0 Å². The Balaban J connectivity index is 2.05. The van der Waals surface area contributed by atoms with Gasteiger partial charge < -0.3 is 15.7 Å². The lowest BCUT2D eigenvalue weighted by Crippen LogP contribution is -2.39. The molecule has 120 valence electrons. The summed E-state index contributed by atoms with van der Waals surface area (Å²) in [6.45, 7) is 1.16. The topological polar surface area (TPSA) is 78.4 Å². The largest absolute Gasteiger partial charge is 0.394 e. The number of aliphatic hydroxyl groups excluding tert-OH is 1.